The minimum atomic E-state index is 0.582. The van der Waals surface area contributed by atoms with Crippen LogP contribution < -0.4 is 5.32 Å². The topological polar surface area (TPSA) is 53.6 Å². The smallest absolute Gasteiger partial charge is 0.206 e. The Morgan fingerprint density at radius 3 is 2.89 bits per heavy atom. The molecule has 0 atom stereocenters. The third kappa shape index (κ3) is 2.12. The molecular formula is C12H10N4S2. The van der Waals surface area contributed by atoms with Crippen LogP contribution in [0.4, 0.5) is 5.95 Å². The largest absolute Gasteiger partial charge is 0.324 e. The number of aromatic nitrogens is 3. The highest BCUT2D eigenvalue weighted by Gasteiger charge is 2.08. The number of hydrogen-bond acceptors (Lipinski definition) is 4. The van der Waals surface area contributed by atoms with E-state index in [0.717, 1.165) is 21.7 Å². The van der Waals surface area contributed by atoms with Gasteiger partial charge in [-0.3, -0.25) is 0 Å². The van der Waals surface area contributed by atoms with Crippen molar-refractivity contribution in [2.75, 3.05) is 5.32 Å². The Kier molecular flexibility index (Phi) is 2.81. The number of thiocarbonyl (C=S) groups is 1. The van der Waals surface area contributed by atoms with Crippen molar-refractivity contribution >= 4 is 45.5 Å². The highest BCUT2D eigenvalue weighted by molar-refractivity contribution is 7.81. The van der Waals surface area contributed by atoms with Gasteiger partial charge in [-0.15, -0.1) is 11.3 Å². The molecule has 0 saturated heterocycles. The predicted octanol–water partition coefficient (Wildman–Crippen LogP) is 3.12. The molecule has 0 spiro atoms. The summed E-state index contributed by atoms with van der Waals surface area (Å²) in [5.41, 5.74) is 2.68. The number of fused-ring (bicyclic) bond motifs is 1. The summed E-state index contributed by atoms with van der Waals surface area (Å²) in [6, 6.07) is 7.85. The molecule has 0 bridgehead atoms. The second-order valence-corrected chi connectivity index (χ2v) is 5.28. The Balaban J connectivity index is 1.86. The number of nitrogens with zero attached hydrogens (tertiary/aromatic N) is 2. The van der Waals surface area contributed by atoms with Crippen molar-refractivity contribution in [2.45, 2.75) is 6.92 Å². The Morgan fingerprint density at radius 1 is 1.33 bits per heavy atom. The van der Waals surface area contributed by atoms with E-state index in [0.29, 0.717) is 10.9 Å². The molecule has 0 aliphatic heterocycles. The lowest BCUT2D eigenvalue weighted by atomic mass is 10.3. The fourth-order valence-electron chi connectivity index (χ4n) is 1.65. The Hall–Kier alpha value is -1.79. The molecule has 2 heterocycles. The van der Waals surface area contributed by atoms with Gasteiger partial charge in [0, 0.05) is 5.38 Å². The standard InChI is InChI=1S/C12H10N4S2/c1-7-13-10(6-18-7)11(17)16-12-14-8-4-2-3-5-9(8)15-12/h2-6H,1H3,(H2,14,15,16,17). The van der Waals surface area contributed by atoms with E-state index >= 15 is 0 Å². The molecule has 3 rings (SSSR count). The zero-order valence-corrected chi connectivity index (χ0v) is 11.2. The number of benzene rings is 1. The summed E-state index contributed by atoms with van der Waals surface area (Å²) in [5.74, 6) is 0.645. The van der Waals surface area contributed by atoms with E-state index in [-0.39, 0.29) is 0 Å². The molecule has 2 N–H and O–H groups in total. The molecule has 0 aliphatic rings. The highest BCUT2D eigenvalue weighted by atomic mass is 32.1. The van der Waals surface area contributed by atoms with Gasteiger partial charge < -0.3 is 10.3 Å². The van der Waals surface area contributed by atoms with E-state index in [1.54, 1.807) is 11.3 Å². The molecule has 6 heteroatoms. The molecular weight excluding hydrogens is 264 g/mol. The Bertz CT molecular complexity index is 681. The van der Waals surface area contributed by atoms with Crippen LogP contribution in [0, 0.1) is 6.92 Å². The summed E-state index contributed by atoms with van der Waals surface area (Å²) in [7, 11) is 0. The maximum absolute atomic E-state index is 5.29. The van der Waals surface area contributed by atoms with E-state index in [9.17, 15) is 0 Å². The van der Waals surface area contributed by atoms with Crippen LogP contribution in [0.1, 0.15) is 10.7 Å². The van der Waals surface area contributed by atoms with Gasteiger partial charge in [-0.05, 0) is 19.1 Å². The number of hydrogen-bond donors (Lipinski definition) is 2. The number of aromatic amines is 1. The maximum atomic E-state index is 5.29. The average Bonchev–Trinajstić information content (AvgIpc) is 2.94. The number of imidazole rings is 1. The summed E-state index contributed by atoms with van der Waals surface area (Å²) in [6.07, 6.45) is 0. The van der Waals surface area contributed by atoms with Gasteiger partial charge in [0.05, 0.1) is 16.0 Å². The summed E-state index contributed by atoms with van der Waals surface area (Å²) < 4.78 is 0. The summed E-state index contributed by atoms with van der Waals surface area (Å²) >= 11 is 6.87. The molecule has 0 saturated carbocycles. The van der Waals surface area contributed by atoms with Gasteiger partial charge in [0.25, 0.3) is 0 Å². The Labute approximate surface area is 113 Å². The van der Waals surface area contributed by atoms with E-state index in [1.165, 1.54) is 0 Å². The molecule has 1 aromatic carbocycles. The zero-order valence-electron chi connectivity index (χ0n) is 9.60. The van der Waals surface area contributed by atoms with Crippen LogP contribution in [0.15, 0.2) is 29.6 Å². The first-order valence-electron chi connectivity index (χ1n) is 5.40. The minimum Gasteiger partial charge on any atom is -0.324 e. The average molecular weight is 274 g/mol. The molecule has 0 aliphatic carbocycles. The van der Waals surface area contributed by atoms with Gasteiger partial charge in [0.1, 0.15) is 10.7 Å². The number of nitrogens with one attached hydrogen (secondary N) is 2. The number of rotatable bonds is 2. The molecule has 0 unspecified atom stereocenters. The van der Waals surface area contributed by atoms with E-state index < -0.39 is 0 Å². The van der Waals surface area contributed by atoms with Crippen LogP contribution in [0.2, 0.25) is 0 Å². The van der Waals surface area contributed by atoms with Gasteiger partial charge in [-0.2, -0.15) is 0 Å². The van der Waals surface area contributed by atoms with Gasteiger partial charge in [0.15, 0.2) is 0 Å². The first-order chi connectivity index (χ1) is 8.72. The van der Waals surface area contributed by atoms with Crippen LogP contribution in [0.3, 0.4) is 0 Å². The third-order valence-corrected chi connectivity index (χ3v) is 3.56. The lowest BCUT2D eigenvalue weighted by molar-refractivity contribution is 1.27. The van der Waals surface area contributed by atoms with E-state index in [2.05, 4.69) is 20.3 Å². The third-order valence-electron chi connectivity index (χ3n) is 2.47. The molecule has 0 amide bonds. The quantitative estimate of drug-likeness (QED) is 0.705. The van der Waals surface area contributed by atoms with Crippen LogP contribution in [-0.4, -0.2) is 19.9 Å². The van der Waals surface area contributed by atoms with Gasteiger partial charge in [0.2, 0.25) is 5.95 Å². The van der Waals surface area contributed by atoms with Crippen molar-refractivity contribution in [3.8, 4) is 0 Å². The zero-order chi connectivity index (χ0) is 12.5. The minimum absolute atomic E-state index is 0.582. The van der Waals surface area contributed by atoms with Crippen LogP contribution in [-0.2, 0) is 0 Å². The highest BCUT2D eigenvalue weighted by Crippen LogP contribution is 2.15. The maximum Gasteiger partial charge on any atom is 0.206 e. The molecule has 3 aromatic rings. The van der Waals surface area contributed by atoms with E-state index in [1.807, 2.05) is 36.6 Å². The van der Waals surface area contributed by atoms with Crippen molar-refractivity contribution in [1.29, 1.82) is 0 Å². The number of para-hydroxylation sites is 2. The van der Waals surface area contributed by atoms with Crippen LogP contribution in [0.5, 0.6) is 0 Å². The number of thiazole rings is 1. The number of H-pyrrole nitrogens is 1. The second kappa shape index (κ2) is 4.47. The molecule has 90 valence electrons. The second-order valence-electron chi connectivity index (χ2n) is 3.81. The number of anilines is 1. The summed E-state index contributed by atoms with van der Waals surface area (Å²) in [4.78, 5) is 12.5. The van der Waals surface area contributed by atoms with Crippen molar-refractivity contribution in [1.82, 2.24) is 15.0 Å². The summed E-state index contributed by atoms with van der Waals surface area (Å²) in [6.45, 7) is 1.96. The molecule has 2 aromatic heterocycles. The lowest BCUT2D eigenvalue weighted by Gasteiger charge is -2.00. The van der Waals surface area contributed by atoms with Crippen molar-refractivity contribution in [2.24, 2.45) is 0 Å². The van der Waals surface area contributed by atoms with Crippen LogP contribution in [0.25, 0.3) is 11.0 Å². The monoisotopic (exact) mass is 274 g/mol. The molecule has 0 fully saturated rings. The normalized spacial score (nSPS) is 10.7. The summed E-state index contributed by atoms with van der Waals surface area (Å²) in [5, 5.41) is 6.01. The van der Waals surface area contributed by atoms with Crippen LogP contribution >= 0.6 is 23.6 Å². The molecule has 4 nitrogen and oxygen atoms in total. The number of aryl methyl sites for hydroxylation is 1. The fraction of sp³-hybridized carbons (Fsp3) is 0.0833. The lowest BCUT2D eigenvalue weighted by Crippen LogP contribution is -2.11. The van der Waals surface area contributed by atoms with E-state index in [4.69, 9.17) is 12.2 Å². The van der Waals surface area contributed by atoms with Crippen molar-refractivity contribution < 1.29 is 0 Å². The van der Waals surface area contributed by atoms with Gasteiger partial charge in [-0.1, -0.05) is 24.4 Å². The SMILES string of the molecule is Cc1nc(C(=S)Nc2nc3ccccc3[nH]2)cs1. The predicted molar refractivity (Wildman–Crippen MR) is 78.3 cm³/mol. The van der Waals surface area contributed by atoms with Gasteiger partial charge >= 0.3 is 0 Å². The fourth-order valence-corrected chi connectivity index (χ4v) is 2.53. The Morgan fingerprint density at radius 2 is 2.17 bits per heavy atom. The van der Waals surface area contributed by atoms with Crippen molar-refractivity contribution in [3.05, 3.63) is 40.3 Å². The molecule has 18 heavy (non-hydrogen) atoms. The van der Waals surface area contributed by atoms with Crippen molar-refractivity contribution in [3.63, 3.8) is 0 Å². The molecule has 0 radical (unpaired) electrons. The first-order valence-corrected chi connectivity index (χ1v) is 6.69. The first kappa shape index (κ1) is 11.3. The van der Waals surface area contributed by atoms with Gasteiger partial charge in [-0.25, -0.2) is 9.97 Å².